The molecule has 1 amide bonds. The monoisotopic (exact) mass is 395 g/mol. The third kappa shape index (κ3) is 7.07. The molecular weight excluding hydrogens is 376 g/mol. The van der Waals surface area contributed by atoms with Gasteiger partial charge >= 0.3 is 21.3 Å². The number of hydrogen-bond acceptors (Lipinski definition) is 5. The van der Waals surface area contributed by atoms with Gasteiger partial charge in [-0.25, -0.2) is 4.79 Å². The number of nitrogens with one attached hydrogen (secondary N) is 1. The maximum absolute atomic E-state index is 12.0. The Morgan fingerprint density at radius 1 is 1.08 bits per heavy atom. The second-order valence-corrected chi connectivity index (χ2v) is 9.05. The van der Waals surface area contributed by atoms with Gasteiger partial charge in [0, 0.05) is 17.7 Å². The Morgan fingerprint density at radius 2 is 1.60 bits per heavy atom. The van der Waals surface area contributed by atoms with Crippen molar-refractivity contribution in [2.75, 3.05) is 11.9 Å². The van der Waals surface area contributed by atoms with Crippen LogP contribution in [0.4, 0.5) is 10.5 Å². The van der Waals surface area contributed by atoms with Crippen LogP contribution in [0, 0.1) is 0 Å². The van der Waals surface area contributed by atoms with Crippen LogP contribution in [0.15, 0.2) is 24.3 Å². The van der Waals surface area contributed by atoms with E-state index >= 15 is 0 Å². The lowest BCUT2D eigenvalue weighted by atomic mass is 10.1. The molecule has 25 heavy (non-hydrogen) atoms. The van der Waals surface area contributed by atoms with Crippen molar-refractivity contribution in [2.24, 2.45) is 0 Å². The molecule has 12 heteroatoms. The predicted octanol–water partition coefficient (Wildman–Crippen LogP) is 1.90. The minimum atomic E-state index is -5.05. The third-order valence-electron chi connectivity index (χ3n) is 3.13. The molecule has 5 N–H and O–H groups in total. The quantitative estimate of drug-likeness (QED) is 0.326. The summed E-state index contributed by atoms with van der Waals surface area (Å²) in [6.45, 7) is 1.84. The summed E-state index contributed by atoms with van der Waals surface area (Å²) in [5, 5.41) is 0.206. The summed E-state index contributed by atoms with van der Waals surface area (Å²) < 4.78 is 27.0. The molecule has 0 radical (unpaired) electrons. The van der Waals surface area contributed by atoms with Crippen LogP contribution in [0.25, 0.3) is 0 Å². The summed E-state index contributed by atoms with van der Waals surface area (Å²) in [7, 11) is -10.1. The number of hydrogen-bond donors (Lipinski definition) is 5. The highest BCUT2D eigenvalue weighted by molar-refractivity contribution is 7.70. The summed E-state index contributed by atoms with van der Waals surface area (Å²) in [5.41, 5.74) is 0.544. The second kappa shape index (κ2) is 8.71. The summed E-state index contributed by atoms with van der Waals surface area (Å²) in [6, 6.07) is 5.59. The molecule has 0 heterocycles. The molecule has 0 atom stereocenters. The molecule has 0 spiro atoms. The minimum Gasteiger partial charge on any atom is -0.450 e. The Kier molecular flexibility index (Phi) is 7.49. The molecule has 1 rings (SSSR count). The van der Waals surface area contributed by atoms with Gasteiger partial charge in [0.2, 0.25) is 0 Å². The molecule has 0 fully saturated rings. The van der Waals surface area contributed by atoms with Crippen molar-refractivity contribution in [1.82, 2.24) is 0 Å². The summed E-state index contributed by atoms with van der Waals surface area (Å²) >= 11 is 0. The van der Waals surface area contributed by atoms with Crippen molar-refractivity contribution in [3.63, 3.8) is 0 Å². The van der Waals surface area contributed by atoms with Crippen LogP contribution in [-0.4, -0.2) is 43.5 Å². The molecule has 0 unspecified atom stereocenters. The number of carbonyl (C=O) groups excluding carboxylic acids is 2. The summed E-state index contributed by atoms with van der Waals surface area (Å²) in [6.07, 6.45) is -1.77. The van der Waals surface area contributed by atoms with Crippen molar-refractivity contribution >= 4 is 32.8 Å². The van der Waals surface area contributed by atoms with Crippen LogP contribution >= 0.6 is 15.2 Å². The Balaban J connectivity index is 2.73. The van der Waals surface area contributed by atoms with Crippen molar-refractivity contribution < 1.29 is 43.0 Å². The number of Topliss-reactive ketones (excluding diaryl/α,β-unsaturated/α-hetero) is 1. The zero-order valence-corrected chi connectivity index (χ0v) is 15.0. The van der Waals surface area contributed by atoms with E-state index in [1.54, 1.807) is 6.92 Å². The van der Waals surface area contributed by atoms with Gasteiger partial charge in [-0.1, -0.05) is 0 Å². The van der Waals surface area contributed by atoms with E-state index in [0.29, 0.717) is 5.69 Å². The highest BCUT2D eigenvalue weighted by Crippen LogP contribution is 2.61. The first-order chi connectivity index (χ1) is 11.4. The van der Waals surface area contributed by atoms with Gasteiger partial charge in [-0.3, -0.25) is 19.2 Å². The first kappa shape index (κ1) is 21.5. The van der Waals surface area contributed by atoms with Gasteiger partial charge in [-0.15, -0.1) is 0 Å². The second-order valence-electron chi connectivity index (χ2n) is 5.04. The smallest absolute Gasteiger partial charge is 0.411 e. The molecule has 0 aliphatic carbocycles. The Morgan fingerprint density at radius 3 is 2.04 bits per heavy atom. The average Bonchev–Trinajstić information content (AvgIpc) is 2.45. The highest BCUT2D eigenvalue weighted by atomic mass is 31.2. The van der Waals surface area contributed by atoms with E-state index in [1.807, 2.05) is 0 Å². The minimum absolute atomic E-state index is 0.171. The molecule has 140 valence electrons. The zero-order valence-electron chi connectivity index (χ0n) is 13.2. The standard InChI is InChI=1S/C13H19NO9P2/c1-2-23-13(16)14-10-5-3-9(4-6-10)11(15)7-8-12(24(17,18)19)25(20,21)22/h3-6,12H,2,7-8H2,1H3,(H,14,16)(H2,17,18,19)(H2,20,21,22). The summed E-state index contributed by atoms with van der Waals surface area (Å²) in [5.74, 6) is -0.547. The number of ketones is 1. The lowest BCUT2D eigenvalue weighted by Crippen LogP contribution is -2.13. The number of carbonyl (C=O) groups is 2. The first-order valence-electron chi connectivity index (χ1n) is 7.12. The Hall–Kier alpha value is -1.54. The fourth-order valence-corrected chi connectivity index (χ4v) is 4.46. The van der Waals surface area contributed by atoms with Crippen LogP contribution in [0.3, 0.4) is 0 Å². The van der Waals surface area contributed by atoms with E-state index in [0.717, 1.165) is 0 Å². The molecule has 0 bridgehead atoms. The summed E-state index contributed by atoms with van der Waals surface area (Å²) in [4.78, 5) is 59.3. The number of amides is 1. The SMILES string of the molecule is CCOC(=O)Nc1ccc(C(=O)CCC(P(=O)(O)O)P(=O)(O)O)cc1. The van der Waals surface area contributed by atoms with Gasteiger partial charge in [0.05, 0.1) is 6.61 Å². The first-order valence-corrected chi connectivity index (χ1v) is 10.5. The number of benzene rings is 1. The topological polar surface area (TPSA) is 170 Å². The van der Waals surface area contributed by atoms with Gasteiger partial charge < -0.3 is 24.3 Å². The fourth-order valence-electron chi connectivity index (χ4n) is 1.96. The number of anilines is 1. The largest absolute Gasteiger partial charge is 0.450 e. The molecule has 10 nitrogen and oxygen atoms in total. The average molecular weight is 395 g/mol. The maximum atomic E-state index is 12.0. The third-order valence-corrected chi connectivity index (χ3v) is 7.01. The number of rotatable bonds is 8. The van der Waals surface area contributed by atoms with E-state index < -0.39 is 45.3 Å². The van der Waals surface area contributed by atoms with E-state index in [9.17, 15) is 18.7 Å². The predicted molar refractivity (Wildman–Crippen MR) is 88.5 cm³/mol. The molecule has 0 aromatic heterocycles. The lowest BCUT2D eigenvalue weighted by Gasteiger charge is -2.19. The molecule has 1 aromatic carbocycles. The van der Waals surface area contributed by atoms with Crippen molar-refractivity contribution in [3.05, 3.63) is 29.8 Å². The maximum Gasteiger partial charge on any atom is 0.411 e. The molecule has 0 aliphatic heterocycles. The van der Waals surface area contributed by atoms with Crippen molar-refractivity contribution in [2.45, 2.75) is 25.2 Å². The molecule has 0 saturated heterocycles. The van der Waals surface area contributed by atoms with E-state index in [2.05, 4.69) is 10.1 Å². The molecular formula is C13H19NO9P2. The van der Waals surface area contributed by atoms with Crippen LogP contribution < -0.4 is 5.32 Å². The molecule has 0 aliphatic rings. The molecule has 1 aromatic rings. The van der Waals surface area contributed by atoms with Gasteiger partial charge in [0.25, 0.3) is 0 Å². The van der Waals surface area contributed by atoms with Crippen LogP contribution in [-0.2, 0) is 13.9 Å². The van der Waals surface area contributed by atoms with Crippen molar-refractivity contribution in [3.8, 4) is 0 Å². The van der Waals surface area contributed by atoms with Crippen LogP contribution in [0.5, 0.6) is 0 Å². The normalized spacial score (nSPS) is 12.1. The van der Waals surface area contributed by atoms with Crippen LogP contribution in [0.1, 0.15) is 30.1 Å². The Labute approximate surface area is 143 Å². The van der Waals surface area contributed by atoms with Gasteiger partial charge in [-0.05, 0) is 37.6 Å². The van der Waals surface area contributed by atoms with E-state index in [-0.39, 0.29) is 12.2 Å². The fraction of sp³-hybridized carbons (Fsp3) is 0.385. The van der Waals surface area contributed by atoms with Gasteiger partial charge in [0.15, 0.2) is 11.2 Å². The zero-order chi connectivity index (χ0) is 19.3. The highest BCUT2D eigenvalue weighted by Gasteiger charge is 2.43. The van der Waals surface area contributed by atoms with Gasteiger partial charge in [-0.2, -0.15) is 0 Å². The Bertz CT molecular complexity index is 685. The van der Waals surface area contributed by atoms with Gasteiger partial charge in [0.1, 0.15) is 0 Å². The lowest BCUT2D eigenvalue weighted by molar-refractivity contribution is 0.0980. The van der Waals surface area contributed by atoms with E-state index in [1.165, 1.54) is 24.3 Å². The van der Waals surface area contributed by atoms with Crippen molar-refractivity contribution in [1.29, 1.82) is 0 Å². The molecule has 0 saturated carbocycles. The van der Waals surface area contributed by atoms with Crippen LogP contribution in [0.2, 0.25) is 0 Å². The number of ether oxygens (including phenoxy) is 1. The van der Waals surface area contributed by atoms with E-state index in [4.69, 9.17) is 19.6 Å².